The summed E-state index contributed by atoms with van der Waals surface area (Å²) in [6, 6.07) is 1.78. The van der Waals surface area contributed by atoms with Crippen LogP contribution in [0.25, 0.3) is 0 Å². The first-order chi connectivity index (χ1) is 12.2. The van der Waals surface area contributed by atoms with Crippen LogP contribution in [0.15, 0.2) is 16.8 Å². The van der Waals surface area contributed by atoms with Gasteiger partial charge in [0.2, 0.25) is 5.91 Å². The van der Waals surface area contributed by atoms with Gasteiger partial charge in [-0.2, -0.15) is 23.1 Å². The highest BCUT2D eigenvalue weighted by Gasteiger charge is 2.40. The molecule has 2 N–H and O–H groups in total. The minimum atomic E-state index is -0.119. The summed E-state index contributed by atoms with van der Waals surface area (Å²) < 4.78 is 5.46. The Labute approximate surface area is 156 Å². The van der Waals surface area contributed by atoms with Crippen LogP contribution in [0.3, 0.4) is 0 Å². The van der Waals surface area contributed by atoms with E-state index < -0.39 is 0 Å². The van der Waals surface area contributed by atoms with E-state index in [0.717, 1.165) is 44.2 Å². The van der Waals surface area contributed by atoms with Crippen molar-refractivity contribution in [2.45, 2.75) is 18.4 Å². The van der Waals surface area contributed by atoms with E-state index in [1.54, 1.807) is 11.4 Å². The summed E-state index contributed by atoms with van der Waals surface area (Å²) in [5.41, 5.74) is 0.712. The molecule has 138 valence electrons. The standard InChI is InChI=1S/C17H25N3O3S2/c21-15(1-4-18-16(22)14-2-9-24-11-14)19-12-17(3-10-25-13-17)20-5-7-23-8-6-20/h2,9,11H,1,3-8,10,12-13H2,(H,18,22)(H,19,21). The fraction of sp³-hybridized carbons (Fsp3) is 0.647. The normalized spacial score (nSPS) is 24.2. The SMILES string of the molecule is O=C(CCNC(=O)c1ccsc1)NCC1(N2CCOCC2)CCSC1. The van der Waals surface area contributed by atoms with E-state index in [2.05, 4.69) is 15.5 Å². The molecule has 3 heterocycles. The first kappa shape index (κ1) is 18.7. The van der Waals surface area contributed by atoms with E-state index in [-0.39, 0.29) is 17.4 Å². The molecule has 1 atom stereocenters. The molecule has 1 aromatic heterocycles. The summed E-state index contributed by atoms with van der Waals surface area (Å²) in [6.45, 7) is 4.46. The van der Waals surface area contributed by atoms with Crippen LogP contribution in [-0.4, -0.2) is 73.2 Å². The van der Waals surface area contributed by atoms with Crippen LogP contribution in [0, 0.1) is 0 Å². The molecular weight excluding hydrogens is 358 g/mol. The summed E-state index contributed by atoms with van der Waals surface area (Å²) in [4.78, 5) is 26.5. The number of thioether (sulfide) groups is 1. The van der Waals surface area contributed by atoms with Gasteiger partial charge in [-0.1, -0.05) is 0 Å². The van der Waals surface area contributed by atoms with Crippen LogP contribution >= 0.6 is 23.1 Å². The zero-order chi connectivity index (χ0) is 17.5. The molecule has 1 unspecified atom stereocenters. The molecule has 0 saturated carbocycles. The number of nitrogens with zero attached hydrogens (tertiary/aromatic N) is 1. The van der Waals surface area contributed by atoms with E-state index >= 15 is 0 Å². The Balaban J connectivity index is 1.41. The quantitative estimate of drug-likeness (QED) is 0.740. The predicted octanol–water partition coefficient (Wildman–Crippen LogP) is 1.19. The van der Waals surface area contributed by atoms with Crippen LogP contribution in [0.1, 0.15) is 23.2 Å². The molecule has 25 heavy (non-hydrogen) atoms. The highest BCUT2D eigenvalue weighted by Crippen LogP contribution is 2.33. The second kappa shape index (κ2) is 9.02. The summed E-state index contributed by atoms with van der Waals surface area (Å²) in [5.74, 6) is 2.08. The Bertz CT molecular complexity index is 568. The molecule has 2 amide bonds. The number of amides is 2. The molecule has 2 fully saturated rings. The van der Waals surface area contributed by atoms with Gasteiger partial charge < -0.3 is 15.4 Å². The molecule has 0 aliphatic carbocycles. The largest absolute Gasteiger partial charge is 0.379 e. The van der Waals surface area contributed by atoms with Gasteiger partial charge in [0.1, 0.15) is 0 Å². The highest BCUT2D eigenvalue weighted by atomic mass is 32.2. The summed E-state index contributed by atoms with van der Waals surface area (Å²) in [5, 5.41) is 9.55. The average Bonchev–Trinajstić information content (AvgIpc) is 3.33. The van der Waals surface area contributed by atoms with E-state index in [1.165, 1.54) is 11.3 Å². The molecule has 3 rings (SSSR count). The van der Waals surface area contributed by atoms with Crippen molar-refractivity contribution >= 4 is 34.9 Å². The Morgan fingerprint density at radius 3 is 2.80 bits per heavy atom. The van der Waals surface area contributed by atoms with Crippen LogP contribution in [0.4, 0.5) is 0 Å². The maximum atomic E-state index is 12.2. The lowest BCUT2D eigenvalue weighted by Crippen LogP contribution is -2.59. The zero-order valence-electron chi connectivity index (χ0n) is 14.3. The lowest BCUT2D eigenvalue weighted by molar-refractivity contribution is -0.121. The molecule has 2 aliphatic heterocycles. The molecule has 6 nitrogen and oxygen atoms in total. The number of hydrogen-bond donors (Lipinski definition) is 2. The van der Waals surface area contributed by atoms with Gasteiger partial charge in [-0.15, -0.1) is 0 Å². The highest BCUT2D eigenvalue weighted by molar-refractivity contribution is 7.99. The van der Waals surface area contributed by atoms with E-state index in [0.29, 0.717) is 25.1 Å². The lowest BCUT2D eigenvalue weighted by atomic mass is 9.95. The summed E-state index contributed by atoms with van der Waals surface area (Å²) >= 11 is 3.44. The molecule has 0 bridgehead atoms. The first-order valence-electron chi connectivity index (χ1n) is 8.67. The van der Waals surface area contributed by atoms with Crippen molar-refractivity contribution in [3.05, 3.63) is 22.4 Å². The smallest absolute Gasteiger partial charge is 0.252 e. The number of carbonyl (C=O) groups excluding carboxylic acids is 2. The van der Waals surface area contributed by atoms with Gasteiger partial charge in [0, 0.05) is 54.8 Å². The van der Waals surface area contributed by atoms with Crippen LogP contribution in [0.5, 0.6) is 0 Å². The van der Waals surface area contributed by atoms with Gasteiger partial charge in [-0.25, -0.2) is 0 Å². The van der Waals surface area contributed by atoms with E-state index in [1.807, 2.05) is 17.1 Å². The Morgan fingerprint density at radius 1 is 1.28 bits per heavy atom. The van der Waals surface area contributed by atoms with Gasteiger partial charge in [-0.3, -0.25) is 14.5 Å². The maximum Gasteiger partial charge on any atom is 0.252 e. The number of ether oxygens (including phenoxy) is 1. The van der Waals surface area contributed by atoms with E-state index in [9.17, 15) is 9.59 Å². The fourth-order valence-electron chi connectivity index (χ4n) is 3.27. The van der Waals surface area contributed by atoms with Gasteiger partial charge in [-0.05, 0) is 23.6 Å². The third-order valence-corrected chi connectivity index (χ3v) is 6.72. The molecule has 2 saturated heterocycles. The molecule has 1 aromatic rings. The van der Waals surface area contributed by atoms with Crippen LogP contribution in [-0.2, 0) is 9.53 Å². The average molecular weight is 384 g/mol. The van der Waals surface area contributed by atoms with Crippen molar-refractivity contribution in [2.24, 2.45) is 0 Å². The molecule has 2 aliphatic rings. The topological polar surface area (TPSA) is 70.7 Å². The molecule has 0 radical (unpaired) electrons. The fourth-order valence-corrected chi connectivity index (χ4v) is 5.39. The molecule has 0 aromatic carbocycles. The maximum absolute atomic E-state index is 12.2. The second-order valence-electron chi connectivity index (χ2n) is 6.42. The molecule has 8 heteroatoms. The third-order valence-electron chi connectivity index (χ3n) is 4.80. The number of nitrogens with one attached hydrogen (secondary N) is 2. The number of carbonyl (C=O) groups is 2. The predicted molar refractivity (Wildman–Crippen MR) is 101 cm³/mol. The summed E-state index contributed by atoms with van der Waals surface area (Å²) in [6.07, 6.45) is 1.41. The van der Waals surface area contributed by atoms with Crippen molar-refractivity contribution in [3.8, 4) is 0 Å². The Kier molecular flexibility index (Phi) is 6.75. The monoisotopic (exact) mass is 383 g/mol. The van der Waals surface area contributed by atoms with Gasteiger partial charge in [0.05, 0.1) is 13.2 Å². The van der Waals surface area contributed by atoms with E-state index in [4.69, 9.17) is 4.74 Å². The lowest BCUT2D eigenvalue weighted by Gasteiger charge is -2.43. The second-order valence-corrected chi connectivity index (χ2v) is 8.31. The Hall–Kier alpha value is -1.09. The first-order valence-corrected chi connectivity index (χ1v) is 10.8. The number of rotatable bonds is 7. The van der Waals surface area contributed by atoms with Crippen molar-refractivity contribution in [1.29, 1.82) is 0 Å². The summed E-state index contributed by atoms with van der Waals surface area (Å²) in [7, 11) is 0. The molecular formula is C17H25N3O3S2. The number of morpholine rings is 1. The van der Waals surface area contributed by atoms with Gasteiger partial charge >= 0.3 is 0 Å². The van der Waals surface area contributed by atoms with Crippen molar-refractivity contribution in [1.82, 2.24) is 15.5 Å². The minimum absolute atomic E-state index is 0.00449. The van der Waals surface area contributed by atoms with Crippen LogP contribution in [0.2, 0.25) is 0 Å². The van der Waals surface area contributed by atoms with Crippen LogP contribution < -0.4 is 10.6 Å². The minimum Gasteiger partial charge on any atom is -0.379 e. The zero-order valence-corrected chi connectivity index (χ0v) is 15.9. The van der Waals surface area contributed by atoms with Crippen molar-refractivity contribution in [2.75, 3.05) is 50.9 Å². The molecule has 0 spiro atoms. The third kappa shape index (κ3) is 4.97. The Morgan fingerprint density at radius 2 is 2.12 bits per heavy atom. The van der Waals surface area contributed by atoms with Crippen molar-refractivity contribution < 1.29 is 14.3 Å². The number of thiophene rings is 1. The van der Waals surface area contributed by atoms with Gasteiger partial charge in [0.25, 0.3) is 5.91 Å². The number of hydrogen-bond acceptors (Lipinski definition) is 6. The van der Waals surface area contributed by atoms with Gasteiger partial charge in [0.15, 0.2) is 0 Å². The van der Waals surface area contributed by atoms with Crippen molar-refractivity contribution in [3.63, 3.8) is 0 Å².